The lowest BCUT2D eigenvalue weighted by atomic mass is 9.87. The highest BCUT2D eigenvalue weighted by molar-refractivity contribution is 5.33. The molecule has 134 valence electrons. The van der Waals surface area contributed by atoms with E-state index in [9.17, 15) is 9.50 Å². The minimum Gasteiger partial charge on any atom is -0.391 e. The minimum absolute atomic E-state index is 0.0778. The summed E-state index contributed by atoms with van der Waals surface area (Å²) in [5.41, 5.74) is 3.27. The molecule has 2 heterocycles. The lowest BCUT2D eigenvalue weighted by Crippen LogP contribution is -2.42. The van der Waals surface area contributed by atoms with E-state index in [1.165, 1.54) is 17.7 Å². The fourth-order valence-electron chi connectivity index (χ4n) is 3.67. The highest BCUT2D eigenvalue weighted by atomic mass is 19.1. The van der Waals surface area contributed by atoms with Crippen molar-refractivity contribution in [2.45, 2.75) is 25.0 Å². The van der Waals surface area contributed by atoms with Crippen molar-refractivity contribution < 1.29 is 9.50 Å². The van der Waals surface area contributed by atoms with Crippen LogP contribution in [0.1, 0.15) is 23.5 Å². The normalized spacial score (nSPS) is 21.0. The molecule has 5 heteroatoms. The van der Waals surface area contributed by atoms with E-state index in [-0.39, 0.29) is 11.7 Å². The first kappa shape index (κ1) is 16.9. The third kappa shape index (κ3) is 3.69. The maximum Gasteiger partial charge on any atom is 0.123 e. The quantitative estimate of drug-likeness (QED) is 0.784. The van der Waals surface area contributed by atoms with Crippen molar-refractivity contribution in [3.05, 3.63) is 83.9 Å². The molecule has 1 N–H and O–H groups in total. The van der Waals surface area contributed by atoms with E-state index >= 15 is 0 Å². The van der Waals surface area contributed by atoms with Gasteiger partial charge in [-0.3, -0.25) is 4.90 Å². The van der Waals surface area contributed by atoms with E-state index in [0.717, 1.165) is 30.8 Å². The van der Waals surface area contributed by atoms with Crippen molar-refractivity contribution in [1.29, 1.82) is 0 Å². The zero-order valence-electron chi connectivity index (χ0n) is 14.5. The van der Waals surface area contributed by atoms with Gasteiger partial charge in [-0.2, -0.15) is 5.10 Å². The van der Waals surface area contributed by atoms with Crippen molar-refractivity contribution >= 4 is 0 Å². The molecule has 2 aromatic carbocycles. The van der Waals surface area contributed by atoms with Crippen molar-refractivity contribution in [2.24, 2.45) is 0 Å². The molecule has 1 aliphatic rings. The smallest absolute Gasteiger partial charge is 0.123 e. The molecule has 0 aliphatic carbocycles. The van der Waals surface area contributed by atoms with Gasteiger partial charge in [-0.25, -0.2) is 9.07 Å². The Bertz CT molecular complexity index is 831. The highest BCUT2D eigenvalue weighted by Crippen LogP contribution is 2.29. The number of aliphatic hydroxyl groups is 1. The van der Waals surface area contributed by atoms with Crippen LogP contribution in [0, 0.1) is 5.82 Å². The van der Waals surface area contributed by atoms with E-state index in [2.05, 4.69) is 34.3 Å². The number of likely N-dealkylation sites (tertiary alicyclic amines) is 1. The Morgan fingerprint density at radius 1 is 1.08 bits per heavy atom. The average molecular weight is 351 g/mol. The summed E-state index contributed by atoms with van der Waals surface area (Å²) >= 11 is 0. The molecular weight excluding hydrogens is 329 g/mol. The van der Waals surface area contributed by atoms with Crippen LogP contribution in [-0.2, 0) is 6.54 Å². The Balaban J connectivity index is 1.37. The number of hydrogen-bond donors (Lipinski definition) is 1. The number of nitrogens with zero attached hydrogens (tertiary/aromatic N) is 3. The molecule has 1 aliphatic heterocycles. The number of rotatable bonds is 4. The molecule has 26 heavy (non-hydrogen) atoms. The maximum absolute atomic E-state index is 13.1. The summed E-state index contributed by atoms with van der Waals surface area (Å²) < 4.78 is 14.9. The number of benzene rings is 2. The van der Waals surface area contributed by atoms with Crippen molar-refractivity contribution in [2.75, 3.05) is 13.1 Å². The lowest BCUT2D eigenvalue weighted by molar-refractivity contribution is 0.0476. The van der Waals surface area contributed by atoms with Gasteiger partial charge in [0.1, 0.15) is 5.82 Å². The summed E-state index contributed by atoms with van der Waals surface area (Å²) in [7, 11) is 0. The zero-order valence-corrected chi connectivity index (χ0v) is 14.5. The summed E-state index contributed by atoms with van der Waals surface area (Å²) in [5.74, 6) is -0.159. The van der Waals surface area contributed by atoms with Crippen LogP contribution in [0.3, 0.4) is 0 Å². The van der Waals surface area contributed by atoms with Crippen LogP contribution in [0.5, 0.6) is 0 Å². The van der Waals surface area contributed by atoms with Gasteiger partial charge in [-0.1, -0.05) is 24.3 Å². The predicted molar refractivity (Wildman–Crippen MR) is 98.6 cm³/mol. The largest absolute Gasteiger partial charge is 0.391 e. The predicted octanol–water partition coefficient (Wildman–Crippen LogP) is 3.36. The van der Waals surface area contributed by atoms with E-state index in [4.69, 9.17) is 0 Å². The van der Waals surface area contributed by atoms with Crippen LogP contribution in [-0.4, -0.2) is 39.0 Å². The second kappa shape index (κ2) is 7.40. The maximum atomic E-state index is 13.1. The van der Waals surface area contributed by atoms with Crippen LogP contribution in [0.25, 0.3) is 5.69 Å². The molecule has 0 bridgehead atoms. The third-order valence-corrected chi connectivity index (χ3v) is 5.08. The van der Waals surface area contributed by atoms with Crippen LogP contribution < -0.4 is 0 Å². The van der Waals surface area contributed by atoms with Crippen LogP contribution in [0.2, 0.25) is 0 Å². The average Bonchev–Trinajstić information content (AvgIpc) is 3.18. The zero-order chi connectivity index (χ0) is 17.9. The summed E-state index contributed by atoms with van der Waals surface area (Å²) in [5, 5.41) is 14.8. The molecule has 0 unspecified atom stereocenters. The fraction of sp³-hybridized carbons (Fsp3) is 0.286. The van der Waals surface area contributed by atoms with Gasteiger partial charge in [0, 0.05) is 31.4 Å². The first-order valence-corrected chi connectivity index (χ1v) is 8.94. The van der Waals surface area contributed by atoms with E-state index in [1.807, 2.05) is 16.9 Å². The van der Waals surface area contributed by atoms with Gasteiger partial charge in [-0.05, 0) is 54.4 Å². The van der Waals surface area contributed by atoms with Gasteiger partial charge in [0.05, 0.1) is 11.8 Å². The van der Waals surface area contributed by atoms with Gasteiger partial charge in [0.15, 0.2) is 0 Å². The van der Waals surface area contributed by atoms with E-state index in [0.29, 0.717) is 6.54 Å². The first-order valence-electron chi connectivity index (χ1n) is 8.94. The molecule has 0 amide bonds. The molecule has 1 aromatic heterocycles. The molecule has 4 rings (SSSR count). The number of hydrogen-bond acceptors (Lipinski definition) is 3. The number of β-amino-alcohol motifs (C(OH)–C–C–N with tert-alkyl or cyclic N) is 1. The summed E-state index contributed by atoms with van der Waals surface area (Å²) in [6, 6.07) is 16.7. The van der Waals surface area contributed by atoms with Crippen molar-refractivity contribution in [3.63, 3.8) is 0 Å². The molecule has 0 radical (unpaired) electrons. The third-order valence-electron chi connectivity index (χ3n) is 5.08. The second-order valence-electron chi connectivity index (χ2n) is 6.87. The lowest BCUT2D eigenvalue weighted by Gasteiger charge is -2.36. The molecule has 4 nitrogen and oxygen atoms in total. The molecule has 0 saturated carbocycles. The summed E-state index contributed by atoms with van der Waals surface area (Å²) in [4.78, 5) is 2.27. The number of piperidine rings is 1. The SMILES string of the molecule is O[C@@H]1CN(Cc2ccc(-n3cccn3)cc2)CC[C@H]1c1ccc(F)cc1. The number of aliphatic hydroxyl groups excluding tert-OH is 1. The van der Waals surface area contributed by atoms with Gasteiger partial charge < -0.3 is 5.11 Å². The Kier molecular flexibility index (Phi) is 4.82. The van der Waals surface area contributed by atoms with Crippen LogP contribution in [0.15, 0.2) is 67.0 Å². The fourth-order valence-corrected chi connectivity index (χ4v) is 3.67. The monoisotopic (exact) mass is 351 g/mol. The second-order valence-corrected chi connectivity index (χ2v) is 6.87. The van der Waals surface area contributed by atoms with Crippen molar-refractivity contribution in [1.82, 2.24) is 14.7 Å². The molecular formula is C21H22FN3O. The molecule has 0 spiro atoms. The molecule has 3 aromatic rings. The highest BCUT2D eigenvalue weighted by Gasteiger charge is 2.28. The molecule has 1 fully saturated rings. The Morgan fingerprint density at radius 2 is 1.85 bits per heavy atom. The Labute approximate surface area is 152 Å². The Morgan fingerprint density at radius 3 is 2.50 bits per heavy atom. The van der Waals surface area contributed by atoms with E-state index in [1.54, 1.807) is 18.3 Å². The topological polar surface area (TPSA) is 41.3 Å². The standard InChI is InChI=1S/C21H22FN3O/c22-18-6-4-17(5-7-18)20-10-13-24(15-21(20)26)14-16-2-8-19(9-3-16)25-12-1-11-23-25/h1-9,11-12,20-21,26H,10,13-15H2/t20-,21+/m0/s1. The van der Waals surface area contributed by atoms with Gasteiger partial charge in [-0.15, -0.1) is 0 Å². The van der Waals surface area contributed by atoms with Gasteiger partial charge in [0.2, 0.25) is 0 Å². The molecule has 1 saturated heterocycles. The summed E-state index contributed by atoms with van der Waals surface area (Å²) in [6.45, 7) is 2.36. The van der Waals surface area contributed by atoms with Crippen molar-refractivity contribution in [3.8, 4) is 5.69 Å². The van der Waals surface area contributed by atoms with Gasteiger partial charge in [0.25, 0.3) is 0 Å². The number of aromatic nitrogens is 2. The first-order chi connectivity index (χ1) is 12.7. The van der Waals surface area contributed by atoms with Crippen LogP contribution in [0.4, 0.5) is 4.39 Å². The van der Waals surface area contributed by atoms with Crippen LogP contribution >= 0.6 is 0 Å². The Hall–Kier alpha value is -2.50. The number of halogens is 1. The van der Waals surface area contributed by atoms with E-state index < -0.39 is 6.10 Å². The van der Waals surface area contributed by atoms with Gasteiger partial charge >= 0.3 is 0 Å². The minimum atomic E-state index is -0.433. The molecule has 2 atom stereocenters. The summed E-state index contributed by atoms with van der Waals surface area (Å²) in [6.07, 6.45) is 4.13.